The SMILES string of the molecule is CC(C)CC1CC(C(=O)N2CCNC(=O)C(Cc3ccc(-c4ccccc4F)cc3)C2)NN1. The van der Waals surface area contributed by atoms with Crippen LogP contribution in [0, 0.1) is 17.7 Å². The summed E-state index contributed by atoms with van der Waals surface area (Å²) < 4.78 is 14.1. The Kier molecular flexibility index (Phi) is 7.40. The quantitative estimate of drug-likeness (QED) is 0.630. The summed E-state index contributed by atoms with van der Waals surface area (Å²) in [6, 6.07) is 14.4. The van der Waals surface area contributed by atoms with Gasteiger partial charge in [0.05, 0.1) is 5.92 Å². The molecule has 0 bridgehead atoms. The van der Waals surface area contributed by atoms with Crippen molar-refractivity contribution < 1.29 is 14.0 Å². The van der Waals surface area contributed by atoms with Crippen molar-refractivity contribution in [1.29, 1.82) is 0 Å². The van der Waals surface area contributed by atoms with E-state index in [2.05, 4.69) is 30.0 Å². The zero-order chi connectivity index (χ0) is 23.4. The number of carbonyl (C=O) groups is 2. The maximum Gasteiger partial charge on any atom is 0.241 e. The van der Waals surface area contributed by atoms with Crippen molar-refractivity contribution >= 4 is 11.8 Å². The summed E-state index contributed by atoms with van der Waals surface area (Å²) in [6.07, 6.45) is 2.30. The highest BCUT2D eigenvalue weighted by molar-refractivity contribution is 5.85. The number of amides is 2. The Balaban J connectivity index is 1.40. The summed E-state index contributed by atoms with van der Waals surface area (Å²) in [6.45, 7) is 5.72. The molecule has 3 N–H and O–H groups in total. The van der Waals surface area contributed by atoms with Gasteiger partial charge in [0.1, 0.15) is 11.9 Å². The smallest absolute Gasteiger partial charge is 0.241 e. The van der Waals surface area contributed by atoms with Crippen LogP contribution in [-0.2, 0) is 16.0 Å². The van der Waals surface area contributed by atoms with E-state index < -0.39 is 0 Å². The van der Waals surface area contributed by atoms with Crippen LogP contribution in [0.2, 0.25) is 0 Å². The van der Waals surface area contributed by atoms with Gasteiger partial charge in [-0.15, -0.1) is 0 Å². The van der Waals surface area contributed by atoms with E-state index in [0.29, 0.717) is 37.5 Å². The van der Waals surface area contributed by atoms with Crippen LogP contribution in [-0.4, -0.2) is 48.4 Å². The largest absolute Gasteiger partial charge is 0.354 e. The van der Waals surface area contributed by atoms with Crippen LogP contribution < -0.4 is 16.2 Å². The van der Waals surface area contributed by atoms with Crippen LogP contribution in [0.3, 0.4) is 0 Å². The third kappa shape index (κ3) is 5.78. The molecule has 4 rings (SSSR count). The predicted octanol–water partition coefficient (Wildman–Crippen LogP) is 2.89. The van der Waals surface area contributed by atoms with E-state index in [0.717, 1.165) is 24.0 Å². The average molecular weight is 453 g/mol. The van der Waals surface area contributed by atoms with E-state index in [1.807, 2.05) is 35.2 Å². The molecular formula is C26H33FN4O2. The van der Waals surface area contributed by atoms with Gasteiger partial charge in [-0.25, -0.2) is 9.82 Å². The minimum Gasteiger partial charge on any atom is -0.354 e. The summed E-state index contributed by atoms with van der Waals surface area (Å²) in [7, 11) is 0. The molecule has 33 heavy (non-hydrogen) atoms. The molecule has 0 aromatic heterocycles. The van der Waals surface area contributed by atoms with Crippen LogP contribution in [0.5, 0.6) is 0 Å². The fourth-order valence-electron chi connectivity index (χ4n) is 4.78. The molecule has 2 amide bonds. The zero-order valence-corrected chi connectivity index (χ0v) is 19.3. The number of carbonyl (C=O) groups excluding carboxylic acids is 2. The molecule has 0 aliphatic carbocycles. The number of halogens is 1. The molecule has 0 radical (unpaired) electrons. The van der Waals surface area contributed by atoms with Gasteiger partial charge >= 0.3 is 0 Å². The van der Waals surface area contributed by atoms with Crippen LogP contribution in [0.25, 0.3) is 11.1 Å². The highest BCUT2D eigenvalue weighted by Crippen LogP contribution is 2.24. The summed E-state index contributed by atoms with van der Waals surface area (Å²) in [4.78, 5) is 27.7. The monoisotopic (exact) mass is 452 g/mol. The van der Waals surface area contributed by atoms with Crippen LogP contribution in [0.4, 0.5) is 4.39 Å². The predicted molar refractivity (Wildman–Crippen MR) is 127 cm³/mol. The molecule has 3 atom stereocenters. The normalized spacial score (nSPS) is 23.5. The van der Waals surface area contributed by atoms with Gasteiger partial charge in [0, 0.05) is 31.2 Å². The summed E-state index contributed by atoms with van der Waals surface area (Å²) >= 11 is 0. The van der Waals surface area contributed by atoms with Crippen molar-refractivity contribution in [3.63, 3.8) is 0 Å². The maximum absolute atomic E-state index is 14.1. The van der Waals surface area contributed by atoms with Gasteiger partial charge < -0.3 is 10.2 Å². The van der Waals surface area contributed by atoms with Gasteiger partial charge in [-0.3, -0.25) is 15.0 Å². The van der Waals surface area contributed by atoms with Gasteiger partial charge in [0.15, 0.2) is 0 Å². The highest BCUT2D eigenvalue weighted by atomic mass is 19.1. The molecule has 2 fully saturated rings. The van der Waals surface area contributed by atoms with Crippen molar-refractivity contribution in [1.82, 2.24) is 21.1 Å². The lowest BCUT2D eigenvalue weighted by molar-refractivity contribution is -0.134. The molecule has 2 aliphatic heterocycles. The molecule has 3 unspecified atom stereocenters. The van der Waals surface area contributed by atoms with E-state index in [1.54, 1.807) is 12.1 Å². The summed E-state index contributed by atoms with van der Waals surface area (Å²) in [5, 5.41) is 2.95. The minimum absolute atomic E-state index is 0.0290. The second kappa shape index (κ2) is 10.4. The van der Waals surface area contributed by atoms with Crippen LogP contribution in [0.15, 0.2) is 48.5 Å². The fraction of sp³-hybridized carbons (Fsp3) is 0.462. The van der Waals surface area contributed by atoms with Gasteiger partial charge in [0.2, 0.25) is 11.8 Å². The van der Waals surface area contributed by atoms with Gasteiger partial charge in [-0.2, -0.15) is 0 Å². The number of rotatable bonds is 6. The molecule has 176 valence electrons. The molecule has 2 aromatic rings. The molecule has 6 nitrogen and oxygen atoms in total. The maximum atomic E-state index is 14.1. The van der Waals surface area contributed by atoms with Crippen LogP contribution >= 0.6 is 0 Å². The van der Waals surface area contributed by atoms with E-state index in [9.17, 15) is 14.0 Å². The second-order valence-electron chi connectivity index (χ2n) is 9.56. The van der Waals surface area contributed by atoms with E-state index in [-0.39, 0.29) is 35.6 Å². The lowest BCUT2D eigenvalue weighted by atomic mass is 9.95. The first kappa shape index (κ1) is 23.4. The number of nitrogens with one attached hydrogen (secondary N) is 3. The van der Waals surface area contributed by atoms with E-state index in [4.69, 9.17) is 0 Å². The van der Waals surface area contributed by atoms with Gasteiger partial charge in [0.25, 0.3) is 0 Å². The number of nitrogens with zero attached hydrogens (tertiary/aromatic N) is 1. The molecule has 2 heterocycles. The number of benzene rings is 2. The fourth-order valence-corrected chi connectivity index (χ4v) is 4.78. The molecule has 0 spiro atoms. The van der Waals surface area contributed by atoms with Gasteiger partial charge in [-0.1, -0.05) is 56.3 Å². The minimum atomic E-state index is -0.323. The number of hydrogen-bond donors (Lipinski definition) is 3. The Bertz CT molecular complexity index is 979. The lowest BCUT2D eigenvalue weighted by Crippen LogP contribution is -2.47. The van der Waals surface area contributed by atoms with Crippen LogP contribution in [0.1, 0.15) is 32.3 Å². The van der Waals surface area contributed by atoms with E-state index >= 15 is 0 Å². The molecule has 0 saturated carbocycles. The summed E-state index contributed by atoms with van der Waals surface area (Å²) in [5.74, 6) is 0.000852. The molecule has 2 aliphatic rings. The highest BCUT2D eigenvalue weighted by Gasteiger charge is 2.35. The Labute approximate surface area is 194 Å². The van der Waals surface area contributed by atoms with Crippen molar-refractivity contribution in [3.8, 4) is 11.1 Å². The first-order valence-corrected chi connectivity index (χ1v) is 11.8. The van der Waals surface area contributed by atoms with Crippen molar-refractivity contribution in [2.75, 3.05) is 19.6 Å². The first-order valence-electron chi connectivity index (χ1n) is 11.8. The Morgan fingerprint density at radius 2 is 1.88 bits per heavy atom. The Hall–Kier alpha value is -2.77. The number of hydrogen-bond acceptors (Lipinski definition) is 4. The molecule has 7 heteroatoms. The molecular weight excluding hydrogens is 419 g/mol. The Morgan fingerprint density at radius 1 is 1.12 bits per heavy atom. The zero-order valence-electron chi connectivity index (χ0n) is 19.3. The third-order valence-corrected chi connectivity index (χ3v) is 6.46. The van der Waals surface area contributed by atoms with Crippen molar-refractivity contribution in [2.45, 2.75) is 45.2 Å². The topological polar surface area (TPSA) is 73.5 Å². The molecule has 2 saturated heterocycles. The second-order valence-corrected chi connectivity index (χ2v) is 9.56. The van der Waals surface area contributed by atoms with Crippen molar-refractivity contribution in [2.24, 2.45) is 11.8 Å². The number of hydrazine groups is 1. The average Bonchev–Trinajstić information content (AvgIpc) is 3.17. The van der Waals surface area contributed by atoms with Crippen molar-refractivity contribution in [3.05, 3.63) is 59.9 Å². The first-order chi connectivity index (χ1) is 15.9. The van der Waals surface area contributed by atoms with Gasteiger partial charge in [-0.05, 0) is 42.4 Å². The third-order valence-electron chi connectivity index (χ3n) is 6.46. The standard InChI is InChI=1S/C26H33FN4O2/c1-17(2)13-21-15-24(30-29-21)26(33)31-12-11-28-25(32)20(16-31)14-18-7-9-19(10-8-18)22-5-3-4-6-23(22)27/h3-10,17,20-21,24,29-30H,11-16H2,1-2H3,(H,28,32). The molecule has 2 aromatic carbocycles. The summed E-state index contributed by atoms with van der Waals surface area (Å²) in [5.41, 5.74) is 8.75. The Morgan fingerprint density at radius 3 is 2.61 bits per heavy atom. The van der Waals surface area contributed by atoms with E-state index in [1.165, 1.54) is 6.07 Å². The lowest BCUT2D eigenvalue weighted by Gasteiger charge is -2.26.